The van der Waals surface area contributed by atoms with Gasteiger partial charge in [-0.3, -0.25) is 9.69 Å². The zero-order valence-corrected chi connectivity index (χ0v) is 17.5. The summed E-state index contributed by atoms with van der Waals surface area (Å²) in [7, 11) is 0. The van der Waals surface area contributed by atoms with E-state index in [2.05, 4.69) is 39.5 Å². The zero-order valence-electron chi connectivity index (χ0n) is 16.6. The summed E-state index contributed by atoms with van der Waals surface area (Å²) >= 11 is 1.53. The summed E-state index contributed by atoms with van der Waals surface area (Å²) in [4.78, 5) is 19.2. The van der Waals surface area contributed by atoms with Crippen LogP contribution in [0.1, 0.15) is 16.8 Å². The number of benzene rings is 2. The lowest BCUT2D eigenvalue weighted by Gasteiger charge is -2.26. The van der Waals surface area contributed by atoms with Gasteiger partial charge in [0, 0.05) is 42.7 Å². The van der Waals surface area contributed by atoms with Crippen molar-refractivity contribution in [1.29, 1.82) is 0 Å². The van der Waals surface area contributed by atoms with Gasteiger partial charge in [-0.15, -0.1) is 11.3 Å². The van der Waals surface area contributed by atoms with Gasteiger partial charge in [-0.25, -0.2) is 9.37 Å². The van der Waals surface area contributed by atoms with Crippen molar-refractivity contribution in [3.8, 4) is 10.6 Å². The van der Waals surface area contributed by atoms with E-state index in [1.807, 2.05) is 5.38 Å². The van der Waals surface area contributed by atoms with E-state index >= 15 is 0 Å². The first-order valence-electron chi connectivity index (χ1n) is 10.0. The Morgan fingerprint density at radius 2 is 1.90 bits per heavy atom. The molecule has 2 aromatic carbocycles. The van der Waals surface area contributed by atoms with Gasteiger partial charge < -0.3 is 10.1 Å². The molecule has 156 valence electrons. The molecule has 2 heterocycles. The highest BCUT2D eigenvalue weighted by Gasteiger charge is 2.12. The molecule has 5 nitrogen and oxygen atoms in total. The minimum Gasteiger partial charge on any atom is -0.379 e. The molecule has 4 rings (SSSR count). The van der Waals surface area contributed by atoms with Crippen molar-refractivity contribution in [1.82, 2.24) is 15.2 Å². The third-order valence-corrected chi connectivity index (χ3v) is 5.98. The second kappa shape index (κ2) is 9.93. The number of hydrogen-bond acceptors (Lipinski definition) is 5. The Balaban J connectivity index is 1.31. The molecule has 1 saturated heterocycles. The highest BCUT2D eigenvalue weighted by atomic mass is 32.1. The molecule has 0 atom stereocenters. The average Bonchev–Trinajstić information content (AvgIpc) is 3.23. The van der Waals surface area contributed by atoms with Crippen molar-refractivity contribution in [3.63, 3.8) is 0 Å². The molecule has 0 aliphatic carbocycles. The van der Waals surface area contributed by atoms with Crippen LogP contribution in [0.3, 0.4) is 0 Å². The summed E-state index contributed by atoms with van der Waals surface area (Å²) in [5, 5.41) is 5.55. The van der Waals surface area contributed by atoms with Crippen LogP contribution in [0.2, 0.25) is 0 Å². The first-order valence-corrected chi connectivity index (χ1v) is 10.9. The van der Waals surface area contributed by atoms with E-state index in [4.69, 9.17) is 4.74 Å². The zero-order chi connectivity index (χ0) is 20.8. The van der Waals surface area contributed by atoms with Crippen molar-refractivity contribution in [2.45, 2.75) is 19.5 Å². The molecule has 1 aromatic heterocycles. The van der Waals surface area contributed by atoms with Crippen LogP contribution in [0, 0.1) is 5.82 Å². The lowest BCUT2D eigenvalue weighted by Crippen LogP contribution is -2.35. The molecule has 0 saturated carbocycles. The number of carbonyl (C=O) groups excluding carboxylic acids is 1. The molecule has 1 N–H and O–H groups in total. The number of thiazole rings is 1. The Morgan fingerprint density at radius 1 is 1.13 bits per heavy atom. The second-order valence-corrected chi connectivity index (χ2v) is 8.13. The summed E-state index contributed by atoms with van der Waals surface area (Å²) < 4.78 is 19.0. The molecular formula is C23H24FN3O2S. The fourth-order valence-corrected chi connectivity index (χ4v) is 4.18. The number of halogens is 1. The van der Waals surface area contributed by atoms with Crippen molar-refractivity contribution in [2.75, 3.05) is 26.3 Å². The van der Waals surface area contributed by atoms with E-state index < -0.39 is 0 Å². The monoisotopic (exact) mass is 425 g/mol. The highest BCUT2D eigenvalue weighted by Crippen LogP contribution is 2.24. The van der Waals surface area contributed by atoms with Gasteiger partial charge in [0.15, 0.2) is 0 Å². The Kier molecular flexibility index (Phi) is 6.84. The van der Waals surface area contributed by atoms with E-state index in [1.54, 1.807) is 18.2 Å². The molecule has 0 unspecified atom stereocenters. The van der Waals surface area contributed by atoms with Crippen LogP contribution in [0.5, 0.6) is 0 Å². The van der Waals surface area contributed by atoms with Crippen molar-refractivity contribution >= 4 is 17.2 Å². The second-order valence-electron chi connectivity index (χ2n) is 7.27. The number of carbonyl (C=O) groups is 1. The normalized spacial score (nSPS) is 14.6. The molecule has 7 heteroatoms. The molecule has 1 amide bonds. The summed E-state index contributed by atoms with van der Waals surface area (Å²) in [6, 6.07) is 14.9. The average molecular weight is 426 g/mol. The molecular weight excluding hydrogens is 401 g/mol. The molecule has 0 spiro atoms. The quantitative estimate of drug-likeness (QED) is 0.628. The predicted molar refractivity (Wildman–Crippen MR) is 116 cm³/mol. The first kappa shape index (κ1) is 20.7. The van der Waals surface area contributed by atoms with Crippen molar-refractivity contribution in [2.24, 2.45) is 0 Å². The van der Waals surface area contributed by atoms with Crippen LogP contribution in [-0.4, -0.2) is 42.1 Å². The third-order valence-electron chi connectivity index (χ3n) is 5.04. The smallest absolute Gasteiger partial charge is 0.226 e. The Hall–Kier alpha value is -2.61. The number of aromatic nitrogens is 1. The molecule has 0 bridgehead atoms. The topological polar surface area (TPSA) is 54.5 Å². The summed E-state index contributed by atoms with van der Waals surface area (Å²) in [6.07, 6.45) is 0.181. The van der Waals surface area contributed by atoms with E-state index in [1.165, 1.54) is 23.0 Å². The molecule has 3 aromatic rings. The van der Waals surface area contributed by atoms with Gasteiger partial charge in [-0.05, 0) is 11.6 Å². The minimum atomic E-state index is -0.314. The fraction of sp³-hybridized carbons (Fsp3) is 0.304. The van der Waals surface area contributed by atoms with E-state index in [0.29, 0.717) is 5.56 Å². The third kappa shape index (κ3) is 5.50. The van der Waals surface area contributed by atoms with E-state index in [-0.39, 0.29) is 24.7 Å². The van der Waals surface area contributed by atoms with Crippen LogP contribution in [-0.2, 0) is 29.0 Å². The van der Waals surface area contributed by atoms with E-state index in [0.717, 1.165) is 49.1 Å². The Labute approximate surface area is 179 Å². The van der Waals surface area contributed by atoms with Gasteiger partial charge in [0.2, 0.25) is 5.91 Å². The number of ether oxygens (including phenoxy) is 1. The highest BCUT2D eigenvalue weighted by molar-refractivity contribution is 7.13. The molecule has 1 aliphatic rings. The van der Waals surface area contributed by atoms with Gasteiger partial charge in [0.05, 0.1) is 25.3 Å². The molecule has 1 aliphatic heterocycles. The number of nitrogens with one attached hydrogen (secondary N) is 1. The molecule has 0 radical (unpaired) electrons. The summed E-state index contributed by atoms with van der Waals surface area (Å²) in [6.45, 7) is 4.64. The number of morpholine rings is 1. The van der Waals surface area contributed by atoms with Crippen LogP contribution in [0.4, 0.5) is 4.39 Å². The van der Waals surface area contributed by atoms with Gasteiger partial charge in [0.1, 0.15) is 10.8 Å². The molecule has 1 fully saturated rings. The summed E-state index contributed by atoms with van der Waals surface area (Å²) in [5.41, 5.74) is 3.51. The maximum atomic E-state index is 13.6. The number of rotatable bonds is 7. The number of amides is 1. The van der Waals surface area contributed by atoms with Gasteiger partial charge >= 0.3 is 0 Å². The van der Waals surface area contributed by atoms with Crippen molar-refractivity contribution in [3.05, 3.63) is 76.5 Å². The van der Waals surface area contributed by atoms with Crippen molar-refractivity contribution < 1.29 is 13.9 Å². The van der Waals surface area contributed by atoms with Crippen LogP contribution in [0.25, 0.3) is 10.6 Å². The van der Waals surface area contributed by atoms with Gasteiger partial charge in [0.25, 0.3) is 0 Å². The van der Waals surface area contributed by atoms with Crippen LogP contribution < -0.4 is 5.32 Å². The predicted octanol–water partition coefficient (Wildman–Crippen LogP) is 3.64. The van der Waals surface area contributed by atoms with Gasteiger partial charge in [-0.2, -0.15) is 0 Å². The van der Waals surface area contributed by atoms with Gasteiger partial charge in [-0.1, -0.05) is 42.5 Å². The standard InChI is InChI=1S/C23H24FN3O2S/c24-21-4-2-1-3-19(21)14-25-22(28)13-20-16-30-23(26-20)18-7-5-17(6-8-18)15-27-9-11-29-12-10-27/h1-8,16H,9-15H2,(H,25,28). The van der Waals surface area contributed by atoms with Crippen LogP contribution >= 0.6 is 11.3 Å². The lowest BCUT2D eigenvalue weighted by molar-refractivity contribution is -0.120. The molecule has 30 heavy (non-hydrogen) atoms. The Bertz CT molecular complexity index is 984. The van der Waals surface area contributed by atoms with E-state index in [9.17, 15) is 9.18 Å². The minimum absolute atomic E-state index is 0.170. The SMILES string of the molecule is O=C(Cc1csc(-c2ccc(CN3CCOCC3)cc2)n1)NCc1ccccc1F. The largest absolute Gasteiger partial charge is 0.379 e. The fourth-order valence-electron chi connectivity index (χ4n) is 3.35. The number of hydrogen-bond donors (Lipinski definition) is 1. The lowest BCUT2D eigenvalue weighted by atomic mass is 10.1. The Morgan fingerprint density at radius 3 is 2.67 bits per heavy atom. The number of nitrogens with zero attached hydrogens (tertiary/aromatic N) is 2. The van der Waals surface area contributed by atoms with Crippen LogP contribution in [0.15, 0.2) is 53.9 Å². The first-order chi connectivity index (χ1) is 14.7. The summed E-state index contributed by atoms with van der Waals surface area (Å²) in [5.74, 6) is -0.484. The maximum absolute atomic E-state index is 13.6. The maximum Gasteiger partial charge on any atom is 0.226 e.